The predicted molar refractivity (Wildman–Crippen MR) is 51.5 cm³/mol. The van der Waals surface area contributed by atoms with E-state index in [0.717, 1.165) is 5.56 Å². The Balaban J connectivity index is 2.10. The lowest BCUT2D eigenvalue weighted by Crippen LogP contribution is -2.21. The Morgan fingerprint density at radius 2 is 2.14 bits per heavy atom. The molecule has 1 aliphatic heterocycles. The third-order valence-electron chi connectivity index (χ3n) is 2.12. The monoisotopic (exact) mass is 190 g/mol. The van der Waals surface area contributed by atoms with Crippen molar-refractivity contribution in [3.63, 3.8) is 0 Å². The molecule has 0 spiro atoms. The fraction of sp³-hybridized carbons (Fsp3) is 0.200. The number of amides is 1. The second kappa shape index (κ2) is 3.49. The highest BCUT2D eigenvalue weighted by atomic mass is 16.6. The number of rotatable bonds is 2. The molecule has 4 nitrogen and oxygen atoms in total. The minimum absolute atomic E-state index is 0.168. The van der Waals surface area contributed by atoms with E-state index >= 15 is 0 Å². The Hall–Kier alpha value is -1.84. The minimum Gasteiger partial charge on any atom is -0.387 e. The summed E-state index contributed by atoms with van der Waals surface area (Å²) < 4.78 is 0. The van der Waals surface area contributed by atoms with Gasteiger partial charge in [-0.3, -0.25) is 4.79 Å². The zero-order valence-electron chi connectivity index (χ0n) is 7.51. The molecule has 1 unspecified atom stereocenters. The number of primary amides is 1. The Morgan fingerprint density at radius 3 is 2.71 bits per heavy atom. The van der Waals surface area contributed by atoms with Crippen LogP contribution < -0.4 is 5.73 Å². The molecule has 1 heterocycles. The van der Waals surface area contributed by atoms with Gasteiger partial charge < -0.3 is 10.6 Å². The Morgan fingerprint density at radius 1 is 1.43 bits per heavy atom. The lowest BCUT2D eigenvalue weighted by Gasteiger charge is -2.06. The van der Waals surface area contributed by atoms with Crippen LogP contribution in [-0.4, -0.2) is 11.6 Å². The quantitative estimate of drug-likeness (QED) is 0.755. The molecule has 0 aliphatic carbocycles. The molecule has 1 aromatic rings. The van der Waals surface area contributed by atoms with Crippen LogP contribution in [0.3, 0.4) is 0 Å². The fourth-order valence-corrected chi connectivity index (χ4v) is 1.37. The fourth-order valence-electron chi connectivity index (χ4n) is 1.37. The molecule has 0 saturated heterocycles. The summed E-state index contributed by atoms with van der Waals surface area (Å²) in [5, 5.41) is 3.64. The molecule has 1 atom stereocenters. The summed E-state index contributed by atoms with van der Waals surface area (Å²) >= 11 is 0. The topological polar surface area (TPSA) is 64.7 Å². The average Bonchev–Trinajstić information content (AvgIpc) is 2.68. The van der Waals surface area contributed by atoms with Crippen LogP contribution in [-0.2, 0) is 9.63 Å². The normalized spacial score (nSPS) is 20.0. The molecular weight excluding hydrogens is 180 g/mol. The number of carbonyl (C=O) groups excluding carboxylic acids is 1. The first kappa shape index (κ1) is 8.74. The van der Waals surface area contributed by atoms with Gasteiger partial charge in [0.15, 0.2) is 6.10 Å². The van der Waals surface area contributed by atoms with Crippen molar-refractivity contribution in [1.82, 2.24) is 0 Å². The number of oxime groups is 1. The molecule has 14 heavy (non-hydrogen) atoms. The van der Waals surface area contributed by atoms with Crippen LogP contribution >= 0.6 is 0 Å². The van der Waals surface area contributed by atoms with Gasteiger partial charge >= 0.3 is 0 Å². The van der Waals surface area contributed by atoms with Crippen molar-refractivity contribution in [3.8, 4) is 0 Å². The van der Waals surface area contributed by atoms with Crippen molar-refractivity contribution in [2.45, 2.75) is 12.5 Å². The number of hydrogen-bond acceptors (Lipinski definition) is 3. The van der Waals surface area contributed by atoms with Crippen LogP contribution in [0, 0.1) is 0 Å². The van der Waals surface area contributed by atoms with E-state index in [-0.39, 0.29) is 6.10 Å². The highest BCUT2D eigenvalue weighted by Crippen LogP contribution is 2.26. The molecule has 2 rings (SSSR count). The SMILES string of the molecule is NC(=O)C1=NOC(c2ccccc2)C1. The van der Waals surface area contributed by atoms with Crippen LogP contribution in [0.4, 0.5) is 0 Å². The van der Waals surface area contributed by atoms with Crippen molar-refractivity contribution in [1.29, 1.82) is 0 Å². The molecule has 1 amide bonds. The van der Waals surface area contributed by atoms with E-state index in [1.807, 2.05) is 30.3 Å². The molecule has 0 aromatic heterocycles. The van der Waals surface area contributed by atoms with E-state index in [1.54, 1.807) is 0 Å². The zero-order valence-corrected chi connectivity index (χ0v) is 7.51. The predicted octanol–water partition coefficient (Wildman–Crippen LogP) is 0.989. The van der Waals surface area contributed by atoms with Crippen molar-refractivity contribution >= 4 is 11.6 Å². The van der Waals surface area contributed by atoms with Crippen LogP contribution in [0.25, 0.3) is 0 Å². The van der Waals surface area contributed by atoms with Gasteiger partial charge in [-0.1, -0.05) is 35.5 Å². The summed E-state index contributed by atoms with van der Waals surface area (Å²) in [6, 6.07) is 9.63. The summed E-state index contributed by atoms with van der Waals surface area (Å²) in [6.07, 6.45) is 0.290. The molecular formula is C10H10N2O2. The largest absolute Gasteiger partial charge is 0.387 e. The van der Waals surface area contributed by atoms with Crippen LogP contribution in [0.5, 0.6) is 0 Å². The lowest BCUT2D eigenvalue weighted by molar-refractivity contribution is -0.112. The van der Waals surface area contributed by atoms with Crippen molar-refractivity contribution < 1.29 is 9.63 Å². The maximum Gasteiger partial charge on any atom is 0.266 e. The third-order valence-corrected chi connectivity index (χ3v) is 2.12. The molecule has 0 fully saturated rings. The molecule has 72 valence electrons. The first-order valence-electron chi connectivity index (χ1n) is 4.35. The summed E-state index contributed by atoms with van der Waals surface area (Å²) in [7, 11) is 0. The molecule has 1 aromatic carbocycles. The van der Waals surface area contributed by atoms with Gasteiger partial charge in [0.05, 0.1) is 0 Å². The minimum atomic E-state index is -0.511. The second-order valence-electron chi connectivity index (χ2n) is 3.11. The van der Waals surface area contributed by atoms with E-state index in [9.17, 15) is 4.79 Å². The van der Waals surface area contributed by atoms with E-state index in [0.29, 0.717) is 12.1 Å². The molecule has 4 heteroatoms. The van der Waals surface area contributed by atoms with Crippen molar-refractivity contribution in [2.24, 2.45) is 10.9 Å². The Kier molecular flexibility index (Phi) is 2.18. The van der Waals surface area contributed by atoms with Crippen LogP contribution in [0.1, 0.15) is 18.1 Å². The summed E-state index contributed by atoms with van der Waals surface area (Å²) in [5.74, 6) is -0.511. The highest BCUT2D eigenvalue weighted by Gasteiger charge is 2.25. The van der Waals surface area contributed by atoms with Gasteiger partial charge in [-0.25, -0.2) is 0 Å². The van der Waals surface area contributed by atoms with Gasteiger partial charge in [-0.2, -0.15) is 0 Å². The Bertz CT molecular complexity index is 373. The standard InChI is InChI=1S/C10H10N2O2/c11-10(13)8-6-9(14-12-8)7-4-2-1-3-5-7/h1-5,9H,6H2,(H2,11,13). The number of nitrogens with two attached hydrogens (primary N) is 1. The van der Waals surface area contributed by atoms with Gasteiger partial charge in [-0.15, -0.1) is 0 Å². The maximum atomic E-state index is 10.8. The summed E-state index contributed by atoms with van der Waals surface area (Å²) in [6.45, 7) is 0. The maximum absolute atomic E-state index is 10.8. The van der Waals surface area contributed by atoms with Crippen molar-refractivity contribution in [2.75, 3.05) is 0 Å². The summed E-state index contributed by atoms with van der Waals surface area (Å²) in [5.41, 5.74) is 6.40. The lowest BCUT2D eigenvalue weighted by atomic mass is 10.0. The Labute approximate surface area is 81.3 Å². The number of carbonyl (C=O) groups is 1. The van der Waals surface area contributed by atoms with Gasteiger partial charge in [0.1, 0.15) is 5.71 Å². The summed E-state index contributed by atoms with van der Waals surface area (Å²) in [4.78, 5) is 15.9. The average molecular weight is 190 g/mol. The molecule has 0 bridgehead atoms. The van der Waals surface area contributed by atoms with Gasteiger partial charge in [0.25, 0.3) is 5.91 Å². The van der Waals surface area contributed by atoms with E-state index in [4.69, 9.17) is 10.6 Å². The smallest absolute Gasteiger partial charge is 0.266 e. The van der Waals surface area contributed by atoms with Crippen molar-refractivity contribution in [3.05, 3.63) is 35.9 Å². The van der Waals surface area contributed by atoms with E-state index in [1.165, 1.54) is 0 Å². The van der Waals surface area contributed by atoms with Gasteiger partial charge in [0.2, 0.25) is 0 Å². The first-order valence-corrected chi connectivity index (χ1v) is 4.35. The number of benzene rings is 1. The van der Waals surface area contributed by atoms with Gasteiger partial charge in [-0.05, 0) is 5.56 Å². The number of nitrogens with zero attached hydrogens (tertiary/aromatic N) is 1. The van der Waals surface area contributed by atoms with Crippen LogP contribution in [0.15, 0.2) is 35.5 Å². The van der Waals surface area contributed by atoms with Crippen LogP contribution in [0.2, 0.25) is 0 Å². The third kappa shape index (κ3) is 1.59. The van der Waals surface area contributed by atoms with Gasteiger partial charge in [0, 0.05) is 6.42 Å². The van der Waals surface area contributed by atoms with E-state index in [2.05, 4.69) is 5.16 Å². The molecule has 2 N–H and O–H groups in total. The zero-order chi connectivity index (χ0) is 9.97. The highest BCUT2D eigenvalue weighted by molar-refractivity contribution is 6.38. The van der Waals surface area contributed by atoms with E-state index < -0.39 is 5.91 Å². The molecule has 0 saturated carbocycles. The first-order chi connectivity index (χ1) is 6.77. The second-order valence-corrected chi connectivity index (χ2v) is 3.11. The molecule has 1 aliphatic rings. The molecule has 0 radical (unpaired) electrons. The number of hydrogen-bond donors (Lipinski definition) is 1.